The Morgan fingerprint density at radius 3 is 2.67 bits per heavy atom. The second-order valence-electron chi connectivity index (χ2n) is 5.03. The van der Waals surface area contributed by atoms with Gasteiger partial charge in [0, 0.05) is 33.0 Å². The summed E-state index contributed by atoms with van der Waals surface area (Å²) in [6.07, 6.45) is 0.705. The van der Waals surface area contributed by atoms with Gasteiger partial charge in [-0.15, -0.1) is 0 Å². The number of benzene rings is 2. The largest absolute Gasteiger partial charge is 0.497 e. The Kier molecular flexibility index (Phi) is 4.24. The van der Waals surface area contributed by atoms with Crippen LogP contribution in [0.15, 0.2) is 45.3 Å². The van der Waals surface area contributed by atoms with E-state index in [1.54, 1.807) is 7.11 Å². The van der Waals surface area contributed by atoms with Gasteiger partial charge in [-0.2, -0.15) is 0 Å². The third-order valence-electron chi connectivity index (χ3n) is 3.67. The molecule has 0 aliphatic carbocycles. The van der Waals surface area contributed by atoms with Crippen molar-refractivity contribution in [1.82, 2.24) is 0 Å². The Morgan fingerprint density at radius 1 is 1.14 bits per heavy atom. The van der Waals surface area contributed by atoms with E-state index in [2.05, 4.69) is 44.0 Å². The average molecular weight is 413 g/mol. The molecule has 2 N–H and O–H groups in total. The average Bonchev–Trinajstić information content (AvgIpc) is 2.49. The van der Waals surface area contributed by atoms with Crippen molar-refractivity contribution in [3.05, 3.63) is 56.5 Å². The fraction of sp³-hybridized carbons (Fsp3) is 0.250. The van der Waals surface area contributed by atoms with Crippen LogP contribution < -0.4 is 15.2 Å². The molecule has 3 nitrogen and oxygen atoms in total. The molecule has 0 amide bonds. The van der Waals surface area contributed by atoms with Crippen LogP contribution in [0.2, 0.25) is 0 Å². The monoisotopic (exact) mass is 411 g/mol. The molecule has 1 unspecified atom stereocenters. The van der Waals surface area contributed by atoms with Crippen LogP contribution in [0, 0.1) is 0 Å². The molecule has 1 aliphatic rings. The van der Waals surface area contributed by atoms with Crippen molar-refractivity contribution < 1.29 is 9.47 Å². The molecule has 0 radical (unpaired) electrons. The van der Waals surface area contributed by atoms with Crippen molar-refractivity contribution in [2.75, 3.05) is 7.11 Å². The molecular weight excluding hydrogens is 398 g/mol. The van der Waals surface area contributed by atoms with Crippen molar-refractivity contribution in [2.24, 2.45) is 5.73 Å². The minimum Gasteiger partial charge on any atom is -0.497 e. The third kappa shape index (κ3) is 2.96. The van der Waals surface area contributed by atoms with E-state index in [-0.39, 0.29) is 12.1 Å². The van der Waals surface area contributed by atoms with Gasteiger partial charge in [0.05, 0.1) is 7.11 Å². The lowest BCUT2D eigenvalue weighted by Gasteiger charge is -2.31. The van der Waals surface area contributed by atoms with E-state index in [1.165, 1.54) is 0 Å². The molecule has 0 saturated heterocycles. The maximum absolute atomic E-state index is 6.29. The van der Waals surface area contributed by atoms with E-state index in [0.29, 0.717) is 0 Å². The number of nitrogens with two attached hydrogens (primary N) is 1. The lowest BCUT2D eigenvalue weighted by Crippen LogP contribution is -2.24. The summed E-state index contributed by atoms with van der Waals surface area (Å²) in [7, 11) is 1.65. The van der Waals surface area contributed by atoms with Crippen molar-refractivity contribution in [3.8, 4) is 11.5 Å². The molecule has 0 spiro atoms. The first-order valence-corrected chi connectivity index (χ1v) is 8.22. The lowest BCUT2D eigenvalue weighted by atomic mass is 9.93. The van der Waals surface area contributed by atoms with Gasteiger partial charge in [0.2, 0.25) is 0 Å². The fourth-order valence-corrected chi connectivity index (χ4v) is 3.17. The number of rotatable bonds is 2. The summed E-state index contributed by atoms with van der Waals surface area (Å²) in [5.41, 5.74) is 8.43. The molecule has 5 heteroatoms. The van der Waals surface area contributed by atoms with Gasteiger partial charge >= 0.3 is 0 Å². The zero-order chi connectivity index (χ0) is 15.0. The second-order valence-corrected chi connectivity index (χ2v) is 6.73. The van der Waals surface area contributed by atoms with Gasteiger partial charge < -0.3 is 15.2 Å². The van der Waals surface area contributed by atoms with Gasteiger partial charge in [-0.3, -0.25) is 0 Å². The molecule has 1 heterocycles. The van der Waals surface area contributed by atoms with E-state index in [4.69, 9.17) is 15.2 Å². The van der Waals surface area contributed by atoms with Gasteiger partial charge in [-0.05, 0) is 55.6 Å². The van der Waals surface area contributed by atoms with Gasteiger partial charge in [-0.25, -0.2) is 0 Å². The summed E-state index contributed by atoms with van der Waals surface area (Å²) < 4.78 is 13.4. The zero-order valence-corrected chi connectivity index (χ0v) is 14.6. The molecule has 110 valence electrons. The van der Waals surface area contributed by atoms with Crippen molar-refractivity contribution in [3.63, 3.8) is 0 Å². The minimum atomic E-state index is -0.0518. The molecule has 2 atom stereocenters. The quantitative estimate of drug-likeness (QED) is 0.774. The molecule has 0 aromatic heterocycles. The number of hydrogen-bond acceptors (Lipinski definition) is 3. The van der Waals surface area contributed by atoms with E-state index in [0.717, 1.165) is 38.0 Å². The van der Waals surface area contributed by atoms with Crippen LogP contribution in [0.25, 0.3) is 0 Å². The smallest absolute Gasteiger partial charge is 0.128 e. The number of methoxy groups -OCH3 is 1. The van der Waals surface area contributed by atoms with Crippen LogP contribution in [0.5, 0.6) is 11.5 Å². The Balaban J connectivity index is 1.94. The number of fused-ring (bicyclic) bond motifs is 1. The van der Waals surface area contributed by atoms with Crippen molar-refractivity contribution in [2.45, 2.75) is 18.6 Å². The Bertz CT molecular complexity index is 675. The molecule has 21 heavy (non-hydrogen) atoms. The molecule has 3 rings (SSSR count). The predicted molar refractivity (Wildman–Crippen MR) is 89.8 cm³/mol. The second kappa shape index (κ2) is 5.99. The molecule has 0 bridgehead atoms. The van der Waals surface area contributed by atoms with Gasteiger partial charge in [0.15, 0.2) is 0 Å². The highest BCUT2D eigenvalue weighted by Crippen LogP contribution is 2.42. The minimum absolute atomic E-state index is 0.0351. The molecule has 0 fully saturated rings. The van der Waals surface area contributed by atoms with Crippen molar-refractivity contribution >= 4 is 31.9 Å². The highest BCUT2D eigenvalue weighted by Gasteiger charge is 2.27. The van der Waals surface area contributed by atoms with E-state index >= 15 is 0 Å². The topological polar surface area (TPSA) is 44.5 Å². The van der Waals surface area contributed by atoms with Gasteiger partial charge in [0.1, 0.15) is 17.6 Å². The molecule has 2 aromatic rings. The summed E-state index contributed by atoms with van der Waals surface area (Å²) >= 11 is 7.01. The maximum Gasteiger partial charge on any atom is 0.128 e. The van der Waals surface area contributed by atoms with E-state index in [9.17, 15) is 0 Å². The summed E-state index contributed by atoms with van der Waals surface area (Å²) in [5.74, 6) is 1.58. The molecule has 1 aliphatic heterocycles. The van der Waals surface area contributed by atoms with Crippen LogP contribution >= 0.6 is 31.9 Å². The van der Waals surface area contributed by atoms with Gasteiger partial charge in [0.25, 0.3) is 0 Å². The maximum atomic E-state index is 6.29. The SMILES string of the molecule is COc1ccc2c(c1)OC(c1ccc(Br)c(Br)c1)C[C@@H]2N. The summed E-state index contributed by atoms with van der Waals surface area (Å²) in [6, 6.07) is 11.9. The zero-order valence-electron chi connectivity index (χ0n) is 11.5. The first-order chi connectivity index (χ1) is 10.1. The standard InChI is InChI=1S/C16H15Br2NO2/c1-20-10-3-4-11-14(19)8-15(21-16(11)7-10)9-2-5-12(17)13(18)6-9/h2-7,14-15H,8,19H2,1H3/t14-,15?/m0/s1. The predicted octanol–water partition coefficient (Wildman–Crippen LogP) is 4.74. The number of ether oxygens (including phenoxy) is 2. The Hall–Kier alpha value is -1.04. The first kappa shape index (κ1) is 14.9. The highest BCUT2D eigenvalue weighted by atomic mass is 79.9. The normalized spacial score (nSPS) is 20.6. The van der Waals surface area contributed by atoms with E-state index in [1.807, 2.05) is 24.3 Å². The van der Waals surface area contributed by atoms with Crippen LogP contribution in [-0.4, -0.2) is 7.11 Å². The van der Waals surface area contributed by atoms with Crippen LogP contribution in [0.3, 0.4) is 0 Å². The Labute approximate surface area is 140 Å². The fourth-order valence-electron chi connectivity index (χ4n) is 2.53. The number of halogens is 2. The summed E-state index contributed by atoms with van der Waals surface area (Å²) in [5, 5.41) is 0. The van der Waals surface area contributed by atoms with E-state index < -0.39 is 0 Å². The first-order valence-electron chi connectivity index (χ1n) is 6.63. The summed E-state index contributed by atoms with van der Waals surface area (Å²) in [6.45, 7) is 0. The number of hydrogen-bond donors (Lipinski definition) is 1. The van der Waals surface area contributed by atoms with Crippen LogP contribution in [0.4, 0.5) is 0 Å². The highest BCUT2D eigenvalue weighted by molar-refractivity contribution is 9.13. The Morgan fingerprint density at radius 2 is 1.95 bits per heavy atom. The van der Waals surface area contributed by atoms with Gasteiger partial charge in [-0.1, -0.05) is 12.1 Å². The third-order valence-corrected chi connectivity index (χ3v) is 5.55. The van der Waals surface area contributed by atoms with Crippen LogP contribution in [0.1, 0.15) is 29.7 Å². The summed E-state index contributed by atoms with van der Waals surface area (Å²) in [4.78, 5) is 0. The van der Waals surface area contributed by atoms with Crippen molar-refractivity contribution in [1.29, 1.82) is 0 Å². The molecule has 2 aromatic carbocycles. The molecule has 0 saturated carbocycles. The van der Waals surface area contributed by atoms with Crippen LogP contribution in [-0.2, 0) is 0 Å². The molecular formula is C16H15Br2NO2. The lowest BCUT2D eigenvalue weighted by molar-refractivity contribution is 0.161.